The van der Waals surface area contributed by atoms with E-state index in [1.54, 1.807) is 25.6 Å². The maximum absolute atomic E-state index is 12.9. The standard InChI is InChI=1S/C12H20ClN3O3S/c1-8-7-19-11(5-13)6-16(8)20(17,18)12-9(2)14-15(4)10(12)3/h8,11H,5-7H2,1-4H3. The molecule has 0 aromatic carbocycles. The molecule has 114 valence electrons. The van der Waals surface area contributed by atoms with Crippen LogP contribution >= 0.6 is 11.6 Å². The number of aryl methyl sites for hydroxylation is 2. The number of ether oxygens (including phenoxy) is 1. The predicted molar refractivity (Wildman–Crippen MR) is 76.5 cm³/mol. The third-order valence-electron chi connectivity index (χ3n) is 3.63. The van der Waals surface area contributed by atoms with Crippen LogP contribution in [0.4, 0.5) is 0 Å². The van der Waals surface area contributed by atoms with Crippen LogP contribution in [0.3, 0.4) is 0 Å². The van der Waals surface area contributed by atoms with Crippen molar-refractivity contribution in [2.24, 2.45) is 7.05 Å². The second-order valence-electron chi connectivity index (χ2n) is 5.16. The topological polar surface area (TPSA) is 64.4 Å². The van der Waals surface area contributed by atoms with Crippen molar-refractivity contribution in [3.05, 3.63) is 11.4 Å². The van der Waals surface area contributed by atoms with Gasteiger partial charge in [0.1, 0.15) is 4.90 Å². The molecule has 0 spiro atoms. The van der Waals surface area contributed by atoms with Crippen LogP contribution in [0.2, 0.25) is 0 Å². The minimum atomic E-state index is -3.58. The molecule has 1 saturated heterocycles. The highest BCUT2D eigenvalue weighted by molar-refractivity contribution is 7.89. The van der Waals surface area contributed by atoms with Crippen molar-refractivity contribution in [2.75, 3.05) is 19.0 Å². The summed E-state index contributed by atoms with van der Waals surface area (Å²) in [4.78, 5) is 0.294. The lowest BCUT2D eigenvalue weighted by atomic mass is 10.2. The van der Waals surface area contributed by atoms with E-state index in [1.165, 1.54) is 4.31 Å². The van der Waals surface area contributed by atoms with Crippen LogP contribution in [0.15, 0.2) is 4.90 Å². The van der Waals surface area contributed by atoms with Crippen molar-refractivity contribution in [2.45, 2.75) is 37.8 Å². The van der Waals surface area contributed by atoms with Crippen molar-refractivity contribution < 1.29 is 13.2 Å². The average Bonchev–Trinajstić information content (AvgIpc) is 2.64. The number of rotatable bonds is 3. The van der Waals surface area contributed by atoms with E-state index in [-0.39, 0.29) is 24.6 Å². The molecule has 2 atom stereocenters. The van der Waals surface area contributed by atoms with Gasteiger partial charge in [-0.25, -0.2) is 8.42 Å². The van der Waals surface area contributed by atoms with Gasteiger partial charge in [-0.15, -0.1) is 11.6 Å². The zero-order valence-electron chi connectivity index (χ0n) is 12.1. The lowest BCUT2D eigenvalue weighted by Gasteiger charge is -2.36. The van der Waals surface area contributed by atoms with Gasteiger partial charge in [-0.05, 0) is 20.8 Å². The molecule has 20 heavy (non-hydrogen) atoms. The Morgan fingerprint density at radius 1 is 1.45 bits per heavy atom. The number of nitrogens with zero attached hydrogens (tertiary/aromatic N) is 3. The first-order chi connectivity index (χ1) is 9.28. The van der Waals surface area contributed by atoms with Crippen molar-refractivity contribution in [1.82, 2.24) is 14.1 Å². The molecule has 8 heteroatoms. The minimum absolute atomic E-state index is 0.210. The molecule has 0 radical (unpaired) electrons. The third kappa shape index (κ3) is 2.59. The molecule has 0 saturated carbocycles. The summed E-state index contributed by atoms with van der Waals surface area (Å²) in [6.07, 6.45) is -0.264. The lowest BCUT2D eigenvalue weighted by molar-refractivity contribution is -0.0152. The highest BCUT2D eigenvalue weighted by atomic mass is 35.5. The first-order valence-corrected chi connectivity index (χ1v) is 8.46. The third-order valence-corrected chi connectivity index (χ3v) is 6.21. The van der Waals surface area contributed by atoms with E-state index in [9.17, 15) is 8.42 Å². The Morgan fingerprint density at radius 3 is 2.60 bits per heavy atom. The summed E-state index contributed by atoms with van der Waals surface area (Å²) in [5.41, 5.74) is 1.16. The molecule has 0 aliphatic carbocycles. The Hall–Kier alpha value is -0.630. The van der Waals surface area contributed by atoms with Gasteiger partial charge in [0.2, 0.25) is 10.0 Å². The molecule has 1 aliphatic rings. The molecule has 2 heterocycles. The van der Waals surface area contributed by atoms with Gasteiger partial charge < -0.3 is 4.74 Å². The largest absolute Gasteiger partial charge is 0.374 e. The number of halogens is 1. The second-order valence-corrected chi connectivity index (χ2v) is 7.29. The number of alkyl halides is 1. The van der Waals surface area contributed by atoms with Crippen LogP contribution in [-0.4, -0.2) is 53.7 Å². The number of aromatic nitrogens is 2. The minimum Gasteiger partial charge on any atom is -0.374 e. The molecule has 6 nitrogen and oxygen atoms in total. The summed E-state index contributed by atoms with van der Waals surface area (Å²) in [6.45, 7) is 5.94. The summed E-state index contributed by atoms with van der Waals surface area (Å²) in [7, 11) is -1.84. The fourth-order valence-electron chi connectivity index (χ4n) is 2.46. The maximum Gasteiger partial charge on any atom is 0.247 e. The molecule has 0 bridgehead atoms. The van der Waals surface area contributed by atoms with E-state index in [4.69, 9.17) is 16.3 Å². The second kappa shape index (κ2) is 5.63. The van der Waals surface area contributed by atoms with Gasteiger partial charge in [0.15, 0.2) is 0 Å². The van der Waals surface area contributed by atoms with Crippen LogP contribution in [0.1, 0.15) is 18.3 Å². The molecular weight excluding hydrogens is 302 g/mol. The lowest BCUT2D eigenvalue weighted by Crippen LogP contribution is -2.51. The fraction of sp³-hybridized carbons (Fsp3) is 0.750. The van der Waals surface area contributed by atoms with E-state index < -0.39 is 10.0 Å². The smallest absolute Gasteiger partial charge is 0.247 e. The Morgan fingerprint density at radius 2 is 2.10 bits per heavy atom. The van der Waals surface area contributed by atoms with Gasteiger partial charge in [-0.1, -0.05) is 0 Å². The number of hydrogen-bond acceptors (Lipinski definition) is 4. The van der Waals surface area contributed by atoms with E-state index in [0.29, 0.717) is 22.9 Å². The van der Waals surface area contributed by atoms with Crippen LogP contribution in [0.5, 0.6) is 0 Å². The number of sulfonamides is 1. The summed E-state index contributed by atoms with van der Waals surface area (Å²) in [5.74, 6) is 0.281. The highest BCUT2D eigenvalue weighted by Gasteiger charge is 2.38. The first-order valence-electron chi connectivity index (χ1n) is 6.48. The predicted octanol–water partition coefficient (Wildman–Crippen LogP) is 1.05. The van der Waals surface area contributed by atoms with Crippen molar-refractivity contribution in [1.29, 1.82) is 0 Å². The Kier molecular flexibility index (Phi) is 4.44. The summed E-state index contributed by atoms with van der Waals surface area (Å²) in [6, 6.07) is -0.210. The van der Waals surface area contributed by atoms with Crippen molar-refractivity contribution in [3.8, 4) is 0 Å². The zero-order valence-corrected chi connectivity index (χ0v) is 13.7. The van der Waals surface area contributed by atoms with Crippen molar-refractivity contribution >= 4 is 21.6 Å². The first kappa shape index (κ1) is 15.8. The van der Waals surface area contributed by atoms with Gasteiger partial charge in [0.25, 0.3) is 0 Å². The molecule has 1 aliphatic heterocycles. The van der Waals surface area contributed by atoms with Gasteiger partial charge in [0.05, 0.1) is 24.1 Å². The SMILES string of the molecule is Cc1nn(C)c(C)c1S(=O)(=O)N1CC(CCl)OCC1C. The fourth-order valence-corrected chi connectivity index (χ4v) is 4.70. The average molecular weight is 322 g/mol. The van der Waals surface area contributed by atoms with Crippen LogP contribution < -0.4 is 0 Å². The normalized spacial score (nSPS) is 25.1. The maximum atomic E-state index is 12.9. The summed E-state index contributed by atoms with van der Waals surface area (Å²) >= 11 is 5.79. The van der Waals surface area contributed by atoms with Crippen LogP contribution in [-0.2, 0) is 21.8 Å². The summed E-state index contributed by atoms with van der Waals surface area (Å²) in [5, 5.41) is 4.19. The molecular formula is C12H20ClN3O3S. The van der Waals surface area contributed by atoms with Crippen LogP contribution in [0.25, 0.3) is 0 Å². The van der Waals surface area contributed by atoms with E-state index in [2.05, 4.69) is 5.10 Å². The Labute approximate surface area is 124 Å². The molecule has 1 fully saturated rings. The monoisotopic (exact) mass is 321 g/mol. The summed E-state index contributed by atoms with van der Waals surface area (Å²) < 4.78 is 34.3. The number of hydrogen-bond donors (Lipinski definition) is 0. The van der Waals surface area contributed by atoms with Gasteiger partial charge in [-0.2, -0.15) is 9.40 Å². The van der Waals surface area contributed by atoms with Crippen LogP contribution in [0, 0.1) is 13.8 Å². The zero-order chi connectivity index (χ0) is 15.1. The highest BCUT2D eigenvalue weighted by Crippen LogP contribution is 2.27. The van der Waals surface area contributed by atoms with Gasteiger partial charge in [0, 0.05) is 25.5 Å². The number of morpholine rings is 1. The van der Waals surface area contributed by atoms with E-state index >= 15 is 0 Å². The molecule has 1 aromatic rings. The van der Waals surface area contributed by atoms with E-state index in [1.807, 2.05) is 6.92 Å². The van der Waals surface area contributed by atoms with Crippen molar-refractivity contribution in [3.63, 3.8) is 0 Å². The Balaban J connectivity index is 2.43. The van der Waals surface area contributed by atoms with E-state index in [0.717, 1.165) is 0 Å². The molecule has 0 amide bonds. The van der Waals surface area contributed by atoms with Gasteiger partial charge in [-0.3, -0.25) is 4.68 Å². The quantitative estimate of drug-likeness (QED) is 0.781. The molecule has 2 unspecified atom stereocenters. The molecule has 1 aromatic heterocycles. The Bertz CT molecular complexity index is 599. The molecule has 0 N–H and O–H groups in total. The molecule has 2 rings (SSSR count). The van der Waals surface area contributed by atoms with Gasteiger partial charge >= 0.3 is 0 Å².